The fourth-order valence-electron chi connectivity index (χ4n) is 0.845. The third-order valence-electron chi connectivity index (χ3n) is 2.01. The molecule has 0 unspecified atom stereocenters. The molecule has 0 spiro atoms. The number of aromatic nitrogens is 1. The maximum Gasteiger partial charge on any atom is 0.460 e. The summed E-state index contributed by atoms with van der Waals surface area (Å²) in [6.07, 6.45) is -3.28. The van der Waals surface area contributed by atoms with E-state index in [0.29, 0.717) is 0 Å². The first-order valence-electron chi connectivity index (χ1n) is 5.02. The monoisotopic (exact) mass is 343 g/mol. The Bertz CT molecular complexity index is 460. The largest absolute Gasteiger partial charge is 0.544 e. The second-order valence-electron chi connectivity index (χ2n) is 3.59. The van der Waals surface area contributed by atoms with E-state index >= 15 is 0 Å². The molecule has 0 atom stereocenters. The quantitative estimate of drug-likeness (QED) is 0.785. The molecule has 126 valence electrons. The number of carbonyl (C=O) groups excluding carboxylic acids is 1. The maximum atomic E-state index is 12.1. The third-order valence-corrected chi connectivity index (χ3v) is 2.01. The molecule has 0 fully saturated rings. The van der Waals surface area contributed by atoms with Gasteiger partial charge in [0.05, 0.1) is 0 Å². The van der Waals surface area contributed by atoms with Gasteiger partial charge in [-0.1, -0.05) is 6.07 Å². The average molecular weight is 343 g/mol. The van der Waals surface area contributed by atoms with Gasteiger partial charge in [-0.25, -0.2) is 4.98 Å². The van der Waals surface area contributed by atoms with E-state index in [4.69, 9.17) is 0 Å². The summed E-state index contributed by atoms with van der Waals surface area (Å²) in [7, 11) is 0. The molecular weight excluding hydrogens is 337 g/mol. The molecule has 0 aliphatic heterocycles. The van der Waals surface area contributed by atoms with Gasteiger partial charge in [0.1, 0.15) is 5.97 Å². The summed E-state index contributed by atoms with van der Waals surface area (Å²) in [5.41, 5.74) is 0. The van der Waals surface area contributed by atoms with E-state index in [1.54, 1.807) is 0 Å². The summed E-state index contributed by atoms with van der Waals surface area (Å²) in [5.74, 6) is -25.1. The summed E-state index contributed by atoms with van der Waals surface area (Å²) in [6.45, 7) is 0. The number of hydrogen-bond acceptors (Lipinski definition) is 2. The van der Waals surface area contributed by atoms with Crippen LogP contribution in [0.25, 0.3) is 0 Å². The van der Waals surface area contributed by atoms with Crippen LogP contribution in [-0.4, -0.2) is 29.9 Å². The van der Waals surface area contributed by atoms with Crippen LogP contribution in [0.1, 0.15) is 0 Å². The summed E-state index contributed by atoms with van der Waals surface area (Å²) in [5, 5.41) is 9.40. The van der Waals surface area contributed by atoms with Gasteiger partial charge in [0, 0.05) is 12.1 Å². The number of alkyl halides is 9. The average Bonchev–Trinajstić information content (AvgIpc) is 2.39. The van der Waals surface area contributed by atoms with Crippen LogP contribution in [0.3, 0.4) is 0 Å². The fraction of sp³-hybridized carbons (Fsp3) is 0.400. The molecule has 0 aliphatic carbocycles. The van der Waals surface area contributed by atoms with Crippen LogP contribution < -0.4 is 10.1 Å². The molecule has 0 saturated heterocycles. The standard InChI is InChI=1S/C5HF9O2.C5H5N/c6-2(7,1(15)16)3(8,9)4(10,11)5(12,13)14;1-2-4-6-5-3-1/h(H,15,16);1-5H. The lowest BCUT2D eigenvalue weighted by Gasteiger charge is -2.33. The molecule has 0 bridgehead atoms. The normalized spacial score (nSPS) is 13.1. The molecule has 1 heterocycles. The first-order valence-corrected chi connectivity index (χ1v) is 5.02. The van der Waals surface area contributed by atoms with Crippen molar-refractivity contribution in [2.45, 2.75) is 23.9 Å². The van der Waals surface area contributed by atoms with E-state index in [2.05, 4.69) is 4.98 Å². The molecule has 12 heteroatoms. The fourth-order valence-corrected chi connectivity index (χ4v) is 0.845. The van der Waals surface area contributed by atoms with Crippen LogP contribution in [0.4, 0.5) is 39.5 Å². The van der Waals surface area contributed by atoms with Gasteiger partial charge in [0.15, 0.2) is 12.4 Å². The summed E-state index contributed by atoms with van der Waals surface area (Å²) in [4.78, 5) is 12.3. The lowest BCUT2D eigenvalue weighted by atomic mass is 10.0. The van der Waals surface area contributed by atoms with Crippen LogP contribution in [0.2, 0.25) is 0 Å². The Morgan fingerprint density at radius 3 is 1.36 bits per heavy atom. The van der Waals surface area contributed by atoms with E-state index in [0.717, 1.165) is 0 Å². The Hall–Kier alpha value is -2.01. The molecule has 0 aromatic carbocycles. The Labute approximate surface area is 116 Å². The number of pyridine rings is 1. The highest BCUT2D eigenvalue weighted by molar-refractivity contribution is 5.74. The van der Waals surface area contributed by atoms with Gasteiger partial charge in [-0.3, -0.25) is 0 Å². The number of rotatable bonds is 3. The second kappa shape index (κ2) is 6.40. The maximum absolute atomic E-state index is 12.1. The van der Waals surface area contributed by atoms with Crippen LogP contribution >= 0.6 is 0 Å². The van der Waals surface area contributed by atoms with Crippen molar-refractivity contribution in [3.8, 4) is 0 Å². The lowest BCUT2D eigenvalue weighted by Crippen LogP contribution is -2.65. The molecule has 0 radical (unpaired) electrons. The number of aliphatic carboxylic acids is 1. The van der Waals surface area contributed by atoms with E-state index in [9.17, 15) is 49.4 Å². The Kier molecular flexibility index (Phi) is 5.81. The molecular formula is C10H6F9NO2. The Morgan fingerprint density at radius 1 is 0.773 bits per heavy atom. The zero-order valence-corrected chi connectivity index (χ0v) is 10.1. The second-order valence-corrected chi connectivity index (χ2v) is 3.59. The molecule has 1 aromatic rings. The van der Waals surface area contributed by atoms with Crippen LogP contribution in [0, 0.1) is 0 Å². The summed E-state index contributed by atoms with van der Waals surface area (Å²) >= 11 is 0. The number of hydrogen-bond donors (Lipinski definition) is 0. The summed E-state index contributed by atoms with van der Waals surface area (Å²) < 4.78 is 106. The minimum absolute atomic E-state index is 1.88. The number of nitrogens with one attached hydrogen (secondary N) is 1. The van der Waals surface area contributed by atoms with E-state index in [1.165, 1.54) is 0 Å². The van der Waals surface area contributed by atoms with Gasteiger partial charge in [0.25, 0.3) is 0 Å². The first kappa shape index (κ1) is 20.0. The molecule has 1 rings (SSSR count). The minimum atomic E-state index is -7.20. The highest BCUT2D eigenvalue weighted by atomic mass is 19.4. The van der Waals surface area contributed by atoms with Crippen LogP contribution in [0.15, 0.2) is 30.6 Å². The summed E-state index contributed by atoms with van der Waals surface area (Å²) in [6, 6.07) is 5.86. The molecule has 1 aromatic heterocycles. The van der Waals surface area contributed by atoms with Gasteiger partial charge < -0.3 is 9.90 Å². The Morgan fingerprint density at radius 2 is 1.18 bits per heavy atom. The van der Waals surface area contributed by atoms with Crippen molar-refractivity contribution in [2.75, 3.05) is 0 Å². The molecule has 22 heavy (non-hydrogen) atoms. The number of carboxylic acid groups (broad SMARTS) is 1. The van der Waals surface area contributed by atoms with E-state index in [-0.39, 0.29) is 0 Å². The van der Waals surface area contributed by atoms with Crippen molar-refractivity contribution in [1.29, 1.82) is 0 Å². The number of H-pyrrole nitrogens is 1. The molecule has 0 saturated carbocycles. The molecule has 0 aliphatic rings. The van der Waals surface area contributed by atoms with Crippen molar-refractivity contribution in [1.82, 2.24) is 0 Å². The number of carbonyl (C=O) groups is 1. The molecule has 3 nitrogen and oxygen atoms in total. The third kappa shape index (κ3) is 3.80. The van der Waals surface area contributed by atoms with Crippen molar-refractivity contribution in [3.05, 3.63) is 30.6 Å². The zero-order chi connectivity index (χ0) is 17.8. The topological polar surface area (TPSA) is 54.3 Å². The predicted molar refractivity (Wildman–Crippen MR) is 48.9 cm³/mol. The van der Waals surface area contributed by atoms with E-state index in [1.807, 2.05) is 30.6 Å². The smallest absolute Gasteiger partial charge is 0.460 e. The zero-order valence-electron chi connectivity index (χ0n) is 10.1. The predicted octanol–water partition coefficient (Wildman–Crippen LogP) is 1.71. The molecule has 0 amide bonds. The lowest BCUT2D eigenvalue weighted by molar-refractivity contribution is -0.410. The van der Waals surface area contributed by atoms with E-state index < -0.39 is 29.9 Å². The van der Waals surface area contributed by atoms with Crippen molar-refractivity contribution >= 4 is 5.97 Å². The van der Waals surface area contributed by atoms with Crippen molar-refractivity contribution in [3.63, 3.8) is 0 Å². The highest BCUT2D eigenvalue weighted by Gasteiger charge is 2.82. The van der Waals surface area contributed by atoms with Gasteiger partial charge in [-0.05, 0) is 0 Å². The SMILES string of the molecule is O=C([O-])C(F)(F)C(F)(F)C(F)(F)C(F)(F)F.c1cc[nH+]cc1. The molecule has 1 N–H and O–H groups in total. The minimum Gasteiger partial charge on any atom is -0.544 e. The van der Waals surface area contributed by atoms with Gasteiger partial charge >= 0.3 is 23.9 Å². The Balaban J connectivity index is 0.000000604. The van der Waals surface area contributed by atoms with Crippen LogP contribution in [0.5, 0.6) is 0 Å². The van der Waals surface area contributed by atoms with Crippen molar-refractivity contribution in [2.24, 2.45) is 0 Å². The number of halogens is 9. The van der Waals surface area contributed by atoms with Gasteiger partial charge in [0.2, 0.25) is 0 Å². The highest BCUT2D eigenvalue weighted by Crippen LogP contribution is 2.52. The van der Waals surface area contributed by atoms with Gasteiger partial charge in [-0.2, -0.15) is 39.5 Å². The van der Waals surface area contributed by atoms with Gasteiger partial charge in [-0.15, -0.1) is 0 Å². The number of carboxylic acids is 1. The number of aromatic amines is 1. The van der Waals surface area contributed by atoms with Crippen molar-refractivity contribution < 1.29 is 54.4 Å². The first-order chi connectivity index (χ1) is 9.69. The van der Waals surface area contributed by atoms with Crippen LogP contribution in [-0.2, 0) is 4.79 Å².